The van der Waals surface area contributed by atoms with Gasteiger partial charge in [0.1, 0.15) is 0 Å². The van der Waals surface area contributed by atoms with Crippen LogP contribution in [-0.2, 0) is 0 Å². The van der Waals surface area contributed by atoms with E-state index in [4.69, 9.17) is 9.97 Å². The first-order valence-corrected chi connectivity index (χ1v) is 10.5. The summed E-state index contributed by atoms with van der Waals surface area (Å²) in [5.74, 6) is 0. The van der Waals surface area contributed by atoms with E-state index in [1.165, 1.54) is 0 Å². The normalized spacial score (nSPS) is 11.2. The summed E-state index contributed by atoms with van der Waals surface area (Å²) in [6.07, 6.45) is 3.68. The second-order valence-electron chi connectivity index (χ2n) is 6.51. The largest absolute Gasteiger partial charge is 0.255 e. The molecule has 4 heteroatoms. The highest BCUT2D eigenvalue weighted by molar-refractivity contribution is 9.11. The molecule has 0 unspecified atom stereocenters. The monoisotopic (exact) mass is 488 g/mol. The number of hydrogen-bond acceptors (Lipinski definition) is 2. The Morgan fingerprint density at radius 1 is 0.464 bits per heavy atom. The van der Waals surface area contributed by atoms with Crippen LogP contribution in [0.25, 0.3) is 44.1 Å². The Balaban J connectivity index is 2.04. The second kappa shape index (κ2) is 7.12. The maximum Gasteiger partial charge on any atom is 0.0856 e. The maximum atomic E-state index is 4.70. The molecular formula is C24H14Br2N2. The number of nitrogens with zero attached hydrogens (tertiary/aromatic N) is 2. The van der Waals surface area contributed by atoms with Crippen LogP contribution in [0.5, 0.6) is 0 Å². The van der Waals surface area contributed by atoms with E-state index in [1.807, 2.05) is 36.7 Å². The fraction of sp³-hybridized carbons (Fsp3) is 0. The average molecular weight is 490 g/mol. The van der Waals surface area contributed by atoms with Crippen molar-refractivity contribution in [3.63, 3.8) is 0 Å². The van der Waals surface area contributed by atoms with E-state index in [2.05, 4.69) is 80.4 Å². The van der Waals surface area contributed by atoms with Gasteiger partial charge in [0.2, 0.25) is 0 Å². The number of aromatic nitrogens is 2. The topological polar surface area (TPSA) is 25.8 Å². The minimum atomic E-state index is 0.946. The number of fused-ring (bicyclic) bond motifs is 2. The van der Waals surface area contributed by atoms with Crippen LogP contribution in [0, 0.1) is 0 Å². The zero-order valence-electron chi connectivity index (χ0n) is 14.7. The van der Waals surface area contributed by atoms with Gasteiger partial charge in [0, 0.05) is 32.5 Å². The molecule has 0 atom stereocenters. The molecule has 134 valence electrons. The molecule has 3 aromatic carbocycles. The Hall–Kier alpha value is -2.56. The number of pyridine rings is 2. The van der Waals surface area contributed by atoms with Crippen molar-refractivity contribution < 1.29 is 0 Å². The predicted molar refractivity (Wildman–Crippen MR) is 123 cm³/mol. The van der Waals surface area contributed by atoms with Gasteiger partial charge in [-0.3, -0.25) is 9.97 Å². The summed E-state index contributed by atoms with van der Waals surface area (Å²) < 4.78 is 1.97. The van der Waals surface area contributed by atoms with Gasteiger partial charge < -0.3 is 0 Å². The lowest BCUT2D eigenvalue weighted by Crippen LogP contribution is -1.94. The third-order valence-corrected chi connectivity index (χ3v) is 6.20. The Bertz CT molecular complexity index is 1180. The van der Waals surface area contributed by atoms with E-state index in [0.717, 1.165) is 53.0 Å². The number of rotatable bonds is 2. The first-order chi connectivity index (χ1) is 13.8. The van der Waals surface area contributed by atoms with Crippen molar-refractivity contribution in [2.45, 2.75) is 0 Å². The van der Waals surface area contributed by atoms with E-state index >= 15 is 0 Å². The molecule has 0 bridgehead atoms. The van der Waals surface area contributed by atoms with Gasteiger partial charge in [-0.1, -0.05) is 48.5 Å². The maximum absolute atomic E-state index is 4.70. The third-order valence-electron chi connectivity index (χ3n) is 4.92. The van der Waals surface area contributed by atoms with Gasteiger partial charge in [-0.05, 0) is 77.7 Å². The molecule has 2 heterocycles. The molecule has 5 aromatic rings. The SMILES string of the molecule is Brc1cccnc1-c1c2ccccc2c(-c2ncccc2Br)c2ccccc12. The minimum absolute atomic E-state index is 0.946. The molecule has 0 N–H and O–H groups in total. The summed E-state index contributed by atoms with van der Waals surface area (Å²) in [7, 11) is 0. The van der Waals surface area contributed by atoms with E-state index in [-0.39, 0.29) is 0 Å². The van der Waals surface area contributed by atoms with Crippen molar-refractivity contribution >= 4 is 53.4 Å². The van der Waals surface area contributed by atoms with Gasteiger partial charge in [-0.15, -0.1) is 0 Å². The summed E-state index contributed by atoms with van der Waals surface area (Å²) in [6, 6.07) is 24.9. The van der Waals surface area contributed by atoms with E-state index in [1.54, 1.807) is 0 Å². The fourth-order valence-electron chi connectivity index (χ4n) is 3.78. The van der Waals surface area contributed by atoms with Gasteiger partial charge in [0.15, 0.2) is 0 Å². The van der Waals surface area contributed by atoms with Gasteiger partial charge >= 0.3 is 0 Å². The van der Waals surface area contributed by atoms with Crippen LogP contribution in [0.1, 0.15) is 0 Å². The minimum Gasteiger partial charge on any atom is -0.255 e. The molecule has 2 nitrogen and oxygen atoms in total. The van der Waals surface area contributed by atoms with Crippen LogP contribution in [0.3, 0.4) is 0 Å². The molecule has 0 aliphatic rings. The second-order valence-corrected chi connectivity index (χ2v) is 8.22. The summed E-state index contributed by atoms with van der Waals surface area (Å²) >= 11 is 7.39. The Morgan fingerprint density at radius 3 is 1.14 bits per heavy atom. The highest BCUT2D eigenvalue weighted by Crippen LogP contribution is 2.45. The molecule has 2 aromatic heterocycles. The Morgan fingerprint density at radius 2 is 0.821 bits per heavy atom. The van der Waals surface area contributed by atoms with Crippen molar-refractivity contribution in [2.24, 2.45) is 0 Å². The van der Waals surface area contributed by atoms with Gasteiger partial charge in [0.05, 0.1) is 11.4 Å². The smallest absolute Gasteiger partial charge is 0.0856 e. The molecule has 5 rings (SSSR count). The predicted octanol–water partition coefficient (Wildman–Crippen LogP) is 7.64. The third kappa shape index (κ3) is 2.76. The van der Waals surface area contributed by atoms with Gasteiger partial charge in [-0.2, -0.15) is 0 Å². The van der Waals surface area contributed by atoms with Crippen molar-refractivity contribution in [2.75, 3.05) is 0 Å². The first-order valence-electron chi connectivity index (χ1n) is 8.91. The Labute approximate surface area is 179 Å². The molecule has 0 saturated heterocycles. The van der Waals surface area contributed by atoms with Crippen molar-refractivity contribution in [1.82, 2.24) is 9.97 Å². The van der Waals surface area contributed by atoms with Crippen LogP contribution in [0.15, 0.2) is 94.1 Å². The van der Waals surface area contributed by atoms with Crippen molar-refractivity contribution in [1.29, 1.82) is 0 Å². The summed E-state index contributed by atoms with van der Waals surface area (Å²) in [6.45, 7) is 0. The molecule has 0 amide bonds. The Kier molecular flexibility index (Phi) is 4.46. The lowest BCUT2D eigenvalue weighted by molar-refractivity contribution is 1.31. The molecule has 0 aliphatic carbocycles. The van der Waals surface area contributed by atoms with Gasteiger partial charge in [0.25, 0.3) is 0 Å². The molecule has 0 spiro atoms. The number of hydrogen-bond donors (Lipinski definition) is 0. The van der Waals surface area contributed by atoms with Crippen LogP contribution in [0.2, 0.25) is 0 Å². The summed E-state index contributed by atoms with van der Waals surface area (Å²) in [5.41, 5.74) is 4.16. The highest BCUT2D eigenvalue weighted by atomic mass is 79.9. The van der Waals surface area contributed by atoms with Crippen LogP contribution in [0.4, 0.5) is 0 Å². The molecule has 28 heavy (non-hydrogen) atoms. The lowest BCUT2D eigenvalue weighted by atomic mass is 9.89. The fourth-order valence-corrected chi connectivity index (χ4v) is 4.68. The number of benzene rings is 3. The molecule has 0 fully saturated rings. The summed E-state index contributed by atoms with van der Waals surface area (Å²) in [4.78, 5) is 9.39. The molecule has 0 saturated carbocycles. The van der Waals surface area contributed by atoms with Crippen LogP contribution >= 0.6 is 31.9 Å². The number of halogens is 2. The molecular weight excluding hydrogens is 476 g/mol. The average Bonchev–Trinajstić information content (AvgIpc) is 2.73. The van der Waals surface area contributed by atoms with E-state index in [0.29, 0.717) is 0 Å². The first kappa shape index (κ1) is 17.5. The van der Waals surface area contributed by atoms with E-state index in [9.17, 15) is 0 Å². The standard InChI is InChI=1S/C24H14Br2N2/c25-19-11-5-13-27-23(19)21-15-7-1-2-8-16(15)22(18-10-4-3-9-17(18)21)24-20(26)12-6-14-28-24/h1-14H. The lowest BCUT2D eigenvalue weighted by Gasteiger charge is -2.17. The van der Waals surface area contributed by atoms with Crippen molar-refractivity contribution in [3.05, 3.63) is 94.1 Å². The molecule has 0 aliphatic heterocycles. The van der Waals surface area contributed by atoms with Crippen molar-refractivity contribution in [3.8, 4) is 22.5 Å². The summed E-state index contributed by atoms with van der Waals surface area (Å²) in [5, 5.41) is 4.64. The quantitative estimate of drug-likeness (QED) is 0.238. The highest BCUT2D eigenvalue weighted by Gasteiger charge is 2.19. The van der Waals surface area contributed by atoms with Crippen LogP contribution in [-0.4, -0.2) is 9.97 Å². The molecule has 0 radical (unpaired) electrons. The van der Waals surface area contributed by atoms with Crippen LogP contribution < -0.4 is 0 Å². The van der Waals surface area contributed by atoms with E-state index < -0.39 is 0 Å². The zero-order chi connectivity index (χ0) is 19.1. The zero-order valence-corrected chi connectivity index (χ0v) is 17.9. The van der Waals surface area contributed by atoms with Gasteiger partial charge in [-0.25, -0.2) is 0 Å².